The first kappa shape index (κ1) is 20.9. The normalized spacial score (nSPS) is 11.8. The highest BCUT2D eigenvalue weighted by molar-refractivity contribution is 5.97. The Labute approximate surface area is 153 Å². The first-order valence-electron chi connectivity index (χ1n) is 7.68. The number of carbonyl (C=O) groups is 2. The molecule has 0 aliphatic rings. The Bertz CT molecular complexity index is 791. The molecule has 26 heavy (non-hydrogen) atoms. The van der Waals surface area contributed by atoms with Crippen molar-refractivity contribution in [2.24, 2.45) is 5.84 Å². The average Bonchev–Trinajstić information content (AvgIpc) is 2.64. The SMILES string of the molecule is C.C[C@@H](O)[C@H](NC(=O)c1ccc(C#Cc2ccccc2)cc1)C(=O)NN. The van der Waals surface area contributed by atoms with Crippen LogP contribution in [-0.2, 0) is 4.79 Å². The highest BCUT2D eigenvalue weighted by Gasteiger charge is 2.25. The molecule has 0 heterocycles. The summed E-state index contributed by atoms with van der Waals surface area (Å²) < 4.78 is 0. The van der Waals surface area contributed by atoms with E-state index in [1.54, 1.807) is 24.3 Å². The third-order valence-corrected chi connectivity index (χ3v) is 3.47. The van der Waals surface area contributed by atoms with Crippen LogP contribution < -0.4 is 16.6 Å². The quantitative estimate of drug-likeness (QED) is 0.287. The van der Waals surface area contributed by atoms with Gasteiger partial charge in [0.25, 0.3) is 11.8 Å². The van der Waals surface area contributed by atoms with Crippen LogP contribution in [0.4, 0.5) is 0 Å². The lowest BCUT2D eigenvalue weighted by molar-refractivity contribution is -0.125. The molecule has 6 nitrogen and oxygen atoms in total. The van der Waals surface area contributed by atoms with Gasteiger partial charge in [-0.05, 0) is 43.3 Å². The van der Waals surface area contributed by atoms with Crippen molar-refractivity contribution in [3.8, 4) is 11.8 Å². The molecular formula is C20H23N3O3. The van der Waals surface area contributed by atoms with Crippen molar-refractivity contribution < 1.29 is 14.7 Å². The molecule has 2 rings (SSSR count). The second-order valence-corrected chi connectivity index (χ2v) is 5.39. The Kier molecular flexibility index (Phi) is 8.03. The van der Waals surface area contributed by atoms with Gasteiger partial charge in [-0.15, -0.1) is 0 Å². The molecule has 0 unspecified atom stereocenters. The number of aliphatic hydroxyl groups excluding tert-OH is 1. The molecule has 6 heteroatoms. The maximum absolute atomic E-state index is 12.2. The molecule has 2 aromatic rings. The van der Waals surface area contributed by atoms with Gasteiger partial charge < -0.3 is 10.4 Å². The number of benzene rings is 2. The summed E-state index contributed by atoms with van der Waals surface area (Å²) in [7, 11) is 0. The zero-order chi connectivity index (χ0) is 18.2. The van der Waals surface area contributed by atoms with Crippen molar-refractivity contribution in [3.63, 3.8) is 0 Å². The van der Waals surface area contributed by atoms with Crippen molar-refractivity contribution in [2.45, 2.75) is 26.5 Å². The zero-order valence-corrected chi connectivity index (χ0v) is 13.7. The van der Waals surface area contributed by atoms with E-state index < -0.39 is 24.0 Å². The van der Waals surface area contributed by atoms with Crippen molar-refractivity contribution in [2.75, 3.05) is 0 Å². The van der Waals surface area contributed by atoms with E-state index in [-0.39, 0.29) is 7.43 Å². The molecule has 0 aromatic heterocycles. The molecule has 0 bridgehead atoms. The molecule has 0 aliphatic carbocycles. The summed E-state index contributed by atoms with van der Waals surface area (Å²) in [5, 5.41) is 12.0. The molecule has 0 saturated heterocycles. The predicted octanol–water partition coefficient (Wildman–Crippen LogP) is 1.19. The lowest BCUT2D eigenvalue weighted by Gasteiger charge is -2.19. The summed E-state index contributed by atoms with van der Waals surface area (Å²) in [6.07, 6.45) is -1.08. The topological polar surface area (TPSA) is 104 Å². The standard InChI is InChI=1S/C19H19N3O3.CH4/c1-13(23)17(19(25)22-20)21-18(24)16-11-9-15(10-12-16)8-7-14-5-3-2-4-6-14;/h2-6,9-13,17,23H,20H2,1H3,(H,21,24)(H,22,25);1H4/t13-,17+;/m1./s1. The summed E-state index contributed by atoms with van der Waals surface area (Å²) in [6, 6.07) is 15.1. The van der Waals surface area contributed by atoms with Crippen LogP contribution >= 0.6 is 0 Å². The van der Waals surface area contributed by atoms with E-state index in [4.69, 9.17) is 5.84 Å². The van der Waals surface area contributed by atoms with E-state index in [0.29, 0.717) is 5.56 Å². The largest absolute Gasteiger partial charge is 0.391 e. The lowest BCUT2D eigenvalue weighted by Crippen LogP contribution is -2.54. The van der Waals surface area contributed by atoms with E-state index in [0.717, 1.165) is 11.1 Å². The van der Waals surface area contributed by atoms with Crippen molar-refractivity contribution in [3.05, 3.63) is 71.3 Å². The highest BCUT2D eigenvalue weighted by Crippen LogP contribution is 2.05. The molecule has 5 N–H and O–H groups in total. The van der Waals surface area contributed by atoms with Gasteiger partial charge in [-0.3, -0.25) is 15.0 Å². The van der Waals surface area contributed by atoms with Crippen LogP contribution in [0.5, 0.6) is 0 Å². The summed E-state index contributed by atoms with van der Waals surface area (Å²) in [5.74, 6) is 9.93. The van der Waals surface area contributed by atoms with Gasteiger partial charge in [0.05, 0.1) is 6.10 Å². The van der Waals surface area contributed by atoms with Crippen LogP contribution in [0.2, 0.25) is 0 Å². The predicted molar refractivity (Wildman–Crippen MR) is 101 cm³/mol. The smallest absolute Gasteiger partial charge is 0.259 e. The Morgan fingerprint density at radius 1 is 1.00 bits per heavy atom. The van der Waals surface area contributed by atoms with Crippen LogP contribution in [0.3, 0.4) is 0 Å². The Morgan fingerprint density at radius 2 is 1.54 bits per heavy atom. The number of nitrogens with two attached hydrogens (primary N) is 1. The fourth-order valence-electron chi connectivity index (χ4n) is 2.09. The molecule has 0 fully saturated rings. The van der Waals surface area contributed by atoms with Crippen LogP contribution in [0.1, 0.15) is 35.8 Å². The Morgan fingerprint density at radius 3 is 2.04 bits per heavy atom. The average molecular weight is 353 g/mol. The van der Waals surface area contributed by atoms with Gasteiger partial charge >= 0.3 is 0 Å². The first-order valence-corrected chi connectivity index (χ1v) is 7.68. The van der Waals surface area contributed by atoms with Gasteiger partial charge in [-0.2, -0.15) is 0 Å². The summed E-state index contributed by atoms with van der Waals surface area (Å²) in [6.45, 7) is 1.39. The summed E-state index contributed by atoms with van der Waals surface area (Å²) >= 11 is 0. The fourth-order valence-corrected chi connectivity index (χ4v) is 2.09. The highest BCUT2D eigenvalue weighted by atomic mass is 16.3. The van der Waals surface area contributed by atoms with Gasteiger partial charge in [0, 0.05) is 16.7 Å². The van der Waals surface area contributed by atoms with Gasteiger partial charge in [-0.1, -0.05) is 37.5 Å². The van der Waals surface area contributed by atoms with Crippen LogP contribution in [0, 0.1) is 11.8 Å². The molecule has 2 amide bonds. The minimum Gasteiger partial charge on any atom is -0.391 e. The Hall–Kier alpha value is -3.14. The number of hydrazine groups is 1. The molecule has 0 radical (unpaired) electrons. The third kappa shape index (κ3) is 5.74. The first-order chi connectivity index (χ1) is 12.0. The lowest BCUT2D eigenvalue weighted by atomic mass is 10.1. The molecule has 136 valence electrons. The maximum atomic E-state index is 12.2. The van der Waals surface area contributed by atoms with E-state index in [1.165, 1.54) is 6.92 Å². The number of hydrogen-bond acceptors (Lipinski definition) is 4. The van der Waals surface area contributed by atoms with E-state index >= 15 is 0 Å². The van der Waals surface area contributed by atoms with Crippen LogP contribution in [0.15, 0.2) is 54.6 Å². The second kappa shape index (κ2) is 9.99. The third-order valence-electron chi connectivity index (χ3n) is 3.47. The second-order valence-electron chi connectivity index (χ2n) is 5.39. The van der Waals surface area contributed by atoms with Gasteiger partial charge in [0.2, 0.25) is 0 Å². The Balaban J connectivity index is 0.00000338. The number of nitrogens with one attached hydrogen (secondary N) is 2. The zero-order valence-electron chi connectivity index (χ0n) is 13.7. The number of carbonyl (C=O) groups excluding carboxylic acids is 2. The van der Waals surface area contributed by atoms with Crippen LogP contribution in [-0.4, -0.2) is 29.1 Å². The molecule has 2 aromatic carbocycles. The minimum absolute atomic E-state index is 0. The van der Waals surface area contributed by atoms with Crippen molar-refractivity contribution in [1.29, 1.82) is 0 Å². The maximum Gasteiger partial charge on any atom is 0.259 e. The summed E-state index contributed by atoms with van der Waals surface area (Å²) in [5.41, 5.74) is 3.92. The number of amides is 2. The fraction of sp³-hybridized carbons (Fsp3) is 0.200. The minimum atomic E-state index is -1.13. The summed E-state index contributed by atoms with van der Waals surface area (Å²) in [4.78, 5) is 23.8. The van der Waals surface area contributed by atoms with E-state index in [9.17, 15) is 14.7 Å². The van der Waals surface area contributed by atoms with Gasteiger partial charge in [-0.25, -0.2) is 5.84 Å². The van der Waals surface area contributed by atoms with Gasteiger partial charge in [0.1, 0.15) is 6.04 Å². The van der Waals surface area contributed by atoms with E-state index in [2.05, 4.69) is 17.2 Å². The number of hydrogen-bond donors (Lipinski definition) is 4. The number of rotatable bonds is 4. The number of aliphatic hydroxyl groups is 1. The van der Waals surface area contributed by atoms with Crippen LogP contribution in [0.25, 0.3) is 0 Å². The molecule has 0 aliphatic heterocycles. The van der Waals surface area contributed by atoms with Gasteiger partial charge in [0.15, 0.2) is 0 Å². The molecule has 2 atom stereocenters. The van der Waals surface area contributed by atoms with Crippen molar-refractivity contribution in [1.82, 2.24) is 10.7 Å². The van der Waals surface area contributed by atoms with E-state index in [1.807, 2.05) is 35.8 Å². The molecular weight excluding hydrogens is 330 g/mol. The van der Waals surface area contributed by atoms with Crippen molar-refractivity contribution >= 4 is 11.8 Å². The molecule has 0 spiro atoms. The molecule has 0 saturated carbocycles. The monoisotopic (exact) mass is 353 g/mol.